The first-order chi connectivity index (χ1) is 7.09. The van der Waals surface area contributed by atoms with Crippen LogP contribution in [-0.2, 0) is 19.0 Å². The van der Waals surface area contributed by atoms with Gasteiger partial charge in [0.2, 0.25) is 6.29 Å². The van der Waals surface area contributed by atoms with Gasteiger partial charge in [-0.25, -0.2) is 9.79 Å². The molecule has 3 unspecified atom stereocenters. The number of rotatable bonds is 3. The van der Waals surface area contributed by atoms with Crippen LogP contribution < -0.4 is 11.5 Å². The Morgan fingerprint density at radius 2 is 2.27 bits per heavy atom. The van der Waals surface area contributed by atoms with E-state index in [1.54, 1.807) is 0 Å². The maximum atomic E-state index is 11.3. The van der Waals surface area contributed by atoms with E-state index in [2.05, 4.69) is 14.2 Å². The van der Waals surface area contributed by atoms with Crippen molar-refractivity contribution >= 4 is 21.2 Å². The second kappa shape index (κ2) is 5.85. The molecule has 0 saturated carbocycles. The Bertz CT molecular complexity index is 251. The molecule has 0 aromatic carbocycles. The second-order valence-electron chi connectivity index (χ2n) is 2.81. The van der Waals surface area contributed by atoms with E-state index in [1.807, 2.05) is 0 Å². The third kappa shape index (κ3) is 4.42. The predicted octanol–water partition coefficient (Wildman–Crippen LogP) is -1.62. The summed E-state index contributed by atoms with van der Waals surface area (Å²) in [6, 6.07) is 0. The lowest BCUT2D eigenvalue weighted by Crippen LogP contribution is -2.35. The first-order valence-electron chi connectivity index (χ1n) is 4.34. The van der Waals surface area contributed by atoms with Crippen LogP contribution in [0.2, 0.25) is 0 Å². The molecule has 1 rings (SSSR count). The minimum absolute atomic E-state index is 0.173. The fourth-order valence-electron chi connectivity index (χ4n) is 0.947. The van der Waals surface area contributed by atoms with Gasteiger partial charge in [0.05, 0.1) is 13.2 Å². The molecule has 4 N–H and O–H groups in total. The number of ether oxygens (including phenoxy) is 3. The zero-order chi connectivity index (χ0) is 11.3. The standard InChI is InChI=1S/C7H14N3O4P/c8-7(9)10-5(15)6(11)14-4-3-12-1-2-13-4/h4-5H,1-3,15H2,(H4,8,9,10). The monoisotopic (exact) mass is 235 g/mol. The van der Waals surface area contributed by atoms with Crippen LogP contribution in [0.3, 0.4) is 0 Å². The number of nitrogens with zero attached hydrogens (tertiary/aromatic N) is 1. The van der Waals surface area contributed by atoms with Gasteiger partial charge in [0.1, 0.15) is 6.61 Å². The van der Waals surface area contributed by atoms with E-state index in [9.17, 15) is 4.79 Å². The summed E-state index contributed by atoms with van der Waals surface area (Å²) in [7, 11) is 2.16. The van der Waals surface area contributed by atoms with Crippen molar-refractivity contribution in [3.05, 3.63) is 0 Å². The van der Waals surface area contributed by atoms with Crippen molar-refractivity contribution in [3.63, 3.8) is 0 Å². The molecular weight excluding hydrogens is 221 g/mol. The van der Waals surface area contributed by atoms with Crippen LogP contribution >= 0.6 is 9.24 Å². The first kappa shape index (κ1) is 12.2. The lowest BCUT2D eigenvalue weighted by molar-refractivity contribution is -0.213. The molecule has 1 aliphatic rings. The van der Waals surface area contributed by atoms with Crippen molar-refractivity contribution < 1.29 is 19.0 Å². The molecular formula is C7H14N3O4P. The number of guanidine groups is 1. The van der Waals surface area contributed by atoms with Crippen molar-refractivity contribution in [2.45, 2.75) is 12.1 Å². The fourth-order valence-corrected chi connectivity index (χ4v) is 1.20. The molecule has 1 aliphatic heterocycles. The highest BCUT2D eigenvalue weighted by atomic mass is 31.0. The van der Waals surface area contributed by atoms with E-state index in [4.69, 9.17) is 25.7 Å². The molecule has 0 spiro atoms. The molecule has 1 saturated heterocycles. The van der Waals surface area contributed by atoms with Gasteiger partial charge < -0.3 is 25.7 Å². The highest BCUT2D eigenvalue weighted by Crippen LogP contribution is 2.09. The fraction of sp³-hybridized carbons (Fsp3) is 0.714. The van der Waals surface area contributed by atoms with Crippen LogP contribution in [0.25, 0.3) is 0 Å². The molecule has 0 bridgehead atoms. The second-order valence-corrected chi connectivity index (χ2v) is 3.44. The van der Waals surface area contributed by atoms with Gasteiger partial charge in [-0.05, 0) is 0 Å². The Labute approximate surface area is 89.3 Å². The molecule has 3 atom stereocenters. The molecule has 1 fully saturated rings. The molecule has 0 aromatic rings. The number of esters is 1. The first-order valence-corrected chi connectivity index (χ1v) is 5.00. The Morgan fingerprint density at radius 3 is 2.80 bits per heavy atom. The van der Waals surface area contributed by atoms with E-state index < -0.39 is 18.0 Å². The molecule has 0 aliphatic carbocycles. The zero-order valence-electron chi connectivity index (χ0n) is 8.09. The number of aliphatic imine (C=N–C) groups is 1. The van der Waals surface area contributed by atoms with Crippen molar-refractivity contribution in [2.24, 2.45) is 16.5 Å². The predicted molar refractivity (Wildman–Crippen MR) is 56.0 cm³/mol. The topological polar surface area (TPSA) is 109 Å². The summed E-state index contributed by atoms with van der Waals surface area (Å²) in [5.74, 6) is -1.57. The van der Waals surface area contributed by atoms with Crippen molar-refractivity contribution in [1.82, 2.24) is 0 Å². The third-order valence-electron chi connectivity index (χ3n) is 1.56. The normalized spacial score (nSPS) is 22.9. The van der Waals surface area contributed by atoms with Crippen LogP contribution in [0.1, 0.15) is 0 Å². The largest absolute Gasteiger partial charge is 0.431 e. The highest BCUT2D eigenvalue weighted by molar-refractivity contribution is 7.19. The van der Waals surface area contributed by atoms with E-state index in [0.29, 0.717) is 13.2 Å². The molecule has 8 heteroatoms. The van der Waals surface area contributed by atoms with Gasteiger partial charge in [0.25, 0.3) is 0 Å². The smallest absolute Gasteiger partial charge is 0.337 e. The Balaban J connectivity index is 2.36. The Hall–Kier alpha value is -0.910. The van der Waals surface area contributed by atoms with E-state index in [1.165, 1.54) is 0 Å². The molecule has 15 heavy (non-hydrogen) atoms. The summed E-state index contributed by atoms with van der Waals surface area (Å²) in [4.78, 5) is 15.0. The molecule has 0 aromatic heterocycles. The lowest BCUT2D eigenvalue weighted by atomic mass is 10.5. The van der Waals surface area contributed by atoms with Crippen molar-refractivity contribution in [1.29, 1.82) is 0 Å². The average molecular weight is 235 g/mol. The number of hydrogen-bond acceptors (Lipinski definition) is 5. The maximum Gasteiger partial charge on any atom is 0.337 e. The van der Waals surface area contributed by atoms with Gasteiger partial charge in [-0.2, -0.15) is 0 Å². The Kier molecular flexibility index (Phi) is 4.74. The summed E-state index contributed by atoms with van der Waals surface area (Å²) < 4.78 is 15.1. The zero-order valence-corrected chi connectivity index (χ0v) is 9.24. The van der Waals surface area contributed by atoms with Crippen LogP contribution in [0.4, 0.5) is 0 Å². The third-order valence-corrected chi connectivity index (χ3v) is 1.98. The Morgan fingerprint density at radius 1 is 1.53 bits per heavy atom. The average Bonchev–Trinajstić information content (AvgIpc) is 2.18. The van der Waals surface area contributed by atoms with E-state index in [0.717, 1.165) is 0 Å². The number of nitrogens with two attached hydrogens (primary N) is 2. The number of hydrogen-bond donors (Lipinski definition) is 2. The number of carbonyl (C=O) groups excluding carboxylic acids is 1. The van der Waals surface area contributed by atoms with Gasteiger partial charge >= 0.3 is 5.97 Å². The summed E-state index contributed by atoms with van der Waals surface area (Å²) in [5, 5.41) is 0. The molecule has 1 heterocycles. The highest BCUT2D eigenvalue weighted by Gasteiger charge is 2.22. The maximum absolute atomic E-state index is 11.3. The van der Waals surface area contributed by atoms with Gasteiger partial charge in [-0.3, -0.25) is 0 Å². The number of carbonyl (C=O) groups is 1. The van der Waals surface area contributed by atoms with Gasteiger partial charge in [0, 0.05) is 0 Å². The van der Waals surface area contributed by atoms with Crippen LogP contribution in [0, 0.1) is 0 Å². The van der Waals surface area contributed by atoms with Crippen molar-refractivity contribution in [3.8, 4) is 0 Å². The van der Waals surface area contributed by atoms with E-state index in [-0.39, 0.29) is 12.6 Å². The van der Waals surface area contributed by atoms with Gasteiger partial charge in [-0.1, -0.05) is 9.24 Å². The van der Waals surface area contributed by atoms with Crippen LogP contribution in [-0.4, -0.2) is 43.8 Å². The van der Waals surface area contributed by atoms with Crippen molar-refractivity contribution in [2.75, 3.05) is 19.8 Å². The SMILES string of the molecule is NC(N)=NC(P)C(=O)OC1COCCO1. The van der Waals surface area contributed by atoms with Crippen LogP contribution in [0.15, 0.2) is 4.99 Å². The van der Waals surface area contributed by atoms with Gasteiger partial charge in [-0.15, -0.1) is 0 Å². The van der Waals surface area contributed by atoms with Gasteiger partial charge in [0.15, 0.2) is 11.7 Å². The molecule has 86 valence electrons. The van der Waals surface area contributed by atoms with E-state index >= 15 is 0 Å². The summed E-state index contributed by atoms with van der Waals surface area (Å²) >= 11 is 0. The molecule has 7 nitrogen and oxygen atoms in total. The summed E-state index contributed by atoms with van der Waals surface area (Å²) in [5.41, 5.74) is 10.2. The molecule has 0 amide bonds. The quantitative estimate of drug-likeness (QED) is 0.263. The molecule has 0 radical (unpaired) electrons. The summed E-state index contributed by atoms with van der Waals surface area (Å²) in [6.45, 7) is 1.14. The minimum Gasteiger partial charge on any atom is -0.431 e. The lowest BCUT2D eigenvalue weighted by Gasteiger charge is -2.23. The van der Waals surface area contributed by atoms with Crippen LogP contribution in [0.5, 0.6) is 0 Å². The summed E-state index contributed by atoms with van der Waals surface area (Å²) in [6.07, 6.45) is -0.677. The minimum atomic E-state index is -0.819.